The standard InChI is InChI=1S/C14H30N2/c1-6-12-8-7-9-13(12)15-10-14(11(2)3)16(4)5/h11-15H,6-10H2,1-5H3. The Morgan fingerprint density at radius 1 is 1.25 bits per heavy atom. The zero-order valence-corrected chi connectivity index (χ0v) is 11.8. The molecule has 0 spiro atoms. The molecule has 0 heterocycles. The molecular weight excluding hydrogens is 196 g/mol. The Kier molecular flexibility index (Phi) is 5.77. The third-order valence-corrected chi connectivity index (χ3v) is 4.21. The van der Waals surface area contributed by atoms with Gasteiger partial charge in [-0.2, -0.15) is 0 Å². The topological polar surface area (TPSA) is 15.3 Å². The van der Waals surface area contributed by atoms with Gasteiger partial charge < -0.3 is 10.2 Å². The fourth-order valence-corrected chi connectivity index (χ4v) is 3.08. The lowest BCUT2D eigenvalue weighted by atomic mass is 9.98. The van der Waals surface area contributed by atoms with Crippen LogP contribution < -0.4 is 5.32 Å². The molecule has 1 rings (SSSR count). The van der Waals surface area contributed by atoms with Gasteiger partial charge in [0.1, 0.15) is 0 Å². The fourth-order valence-electron chi connectivity index (χ4n) is 3.08. The molecule has 2 heteroatoms. The van der Waals surface area contributed by atoms with Gasteiger partial charge in [-0.1, -0.05) is 33.6 Å². The molecule has 96 valence electrons. The molecule has 16 heavy (non-hydrogen) atoms. The molecule has 0 amide bonds. The number of hydrogen-bond donors (Lipinski definition) is 1. The van der Waals surface area contributed by atoms with E-state index in [1.165, 1.54) is 25.7 Å². The molecule has 1 fully saturated rings. The monoisotopic (exact) mass is 226 g/mol. The van der Waals surface area contributed by atoms with Crippen LogP contribution in [0.2, 0.25) is 0 Å². The molecule has 1 aliphatic carbocycles. The van der Waals surface area contributed by atoms with Crippen LogP contribution in [0.25, 0.3) is 0 Å². The van der Waals surface area contributed by atoms with E-state index >= 15 is 0 Å². The quantitative estimate of drug-likeness (QED) is 0.749. The summed E-state index contributed by atoms with van der Waals surface area (Å²) in [5.74, 6) is 1.65. The van der Waals surface area contributed by atoms with Gasteiger partial charge in [0.15, 0.2) is 0 Å². The van der Waals surface area contributed by atoms with Gasteiger partial charge in [0, 0.05) is 18.6 Å². The molecule has 0 aromatic heterocycles. The highest BCUT2D eigenvalue weighted by Gasteiger charge is 2.26. The van der Waals surface area contributed by atoms with Crippen LogP contribution in [0.3, 0.4) is 0 Å². The Bertz CT molecular complexity index is 181. The van der Waals surface area contributed by atoms with E-state index in [9.17, 15) is 0 Å². The highest BCUT2D eigenvalue weighted by Crippen LogP contribution is 2.28. The molecular formula is C14H30N2. The number of nitrogens with one attached hydrogen (secondary N) is 1. The van der Waals surface area contributed by atoms with Gasteiger partial charge in [0.05, 0.1) is 0 Å². The Hall–Kier alpha value is -0.0800. The first-order valence-corrected chi connectivity index (χ1v) is 6.96. The van der Waals surface area contributed by atoms with Crippen LogP contribution in [-0.2, 0) is 0 Å². The van der Waals surface area contributed by atoms with Crippen molar-refractivity contribution in [3.63, 3.8) is 0 Å². The van der Waals surface area contributed by atoms with E-state index in [4.69, 9.17) is 0 Å². The molecule has 0 aliphatic heterocycles. The summed E-state index contributed by atoms with van der Waals surface area (Å²) in [4.78, 5) is 2.35. The first kappa shape index (κ1) is 14.0. The van der Waals surface area contributed by atoms with Gasteiger partial charge in [-0.25, -0.2) is 0 Å². The van der Waals surface area contributed by atoms with Gasteiger partial charge >= 0.3 is 0 Å². The van der Waals surface area contributed by atoms with Crippen LogP contribution in [0.1, 0.15) is 46.5 Å². The van der Waals surface area contributed by atoms with Crippen molar-refractivity contribution in [2.45, 2.75) is 58.5 Å². The summed E-state index contributed by atoms with van der Waals surface area (Å²) in [7, 11) is 4.39. The van der Waals surface area contributed by atoms with E-state index in [1.54, 1.807) is 0 Å². The minimum Gasteiger partial charge on any atom is -0.312 e. The average Bonchev–Trinajstić information content (AvgIpc) is 2.64. The van der Waals surface area contributed by atoms with Crippen molar-refractivity contribution in [1.82, 2.24) is 10.2 Å². The molecule has 1 N–H and O–H groups in total. The van der Waals surface area contributed by atoms with Gasteiger partial charge in [-0.3, -0.25) is 0 Å². The third-order valence-electron chi connectivity index (χ3n) is 4.21. The summed E-state index contributed by atoms with van der Waals surface area (Å²) < 4.78 is 0. The summed E-state index contributed by atoms with van der Waals surface area (Å²) >= 11 is 0. The maximum absolute atomic E-state index is 3.80. The summed E-state index contributed by atoms with van der Waals surface area (Å²) in [6.07, 6.45) is 5.58. The Labute approximate surface area is 102 Å². The smallest absolute Gasteiger partial charge is 0.0237 e. The molecule has 0 aromatic rings. The van der Waals surface area contributed by atoms with Crippen molar-refractivity contribution in [2.24, 2.45) is 11.8 Å². The zero-order valence-electron chi connectivity index (χ0n) is 11.8. The van der Waals surface area contributed by atoms with Crippen molar-refractivity contribution >= 4 is 0 Å². The van der Waals surface area contributed by atoms with Gasteiger partial charge in [-0.15, -0.1) is 0 Å². The van der Waals surface area contributed by atoms with Crippen molar-refractivity contribution in [1.29, 1.82) is 0 Å². The highest BCUT2D eigenvalue weighted by molar-refractivity contribution is 4.84. The molecule has 3 atom stereocenters. The van der Waals surface area contributed by atoms with E-state index in [1.807, 2.05) is 0 Å². The number of rotatable bonds is 6. The maximum atomic E-state index is 3.80. The van der Waals surface area contributed by atoms with Gasteiger partial charge in [0.2, 0.25) is 0 Å². The third kappa shape index (κ3) is 3.74. The summed E-state index contributed by atoms with van der Waals surface area (Å²) in [6, 6.07) is 1.45. The Morgan fingerprint density at radius 3 is 2.44 bits per heavy atom. The van der Waals surface area contributed by atoms with E-state index in [0.29, 0.717) is 6.04 Å². The first-order valence-electron chi connectivity index (χ1n) is 6.96. The molecule has 0 bridgehead atoms. The summed E-state index contributed by atoms with van der Waals surface area (Å²) in [5, 5.41) is 3.80. The maximum Gasteiger partial charge on any atom is 0.0237 e. The number of nitrogens with zero attached hydrogens (tertiary/aromatic N) is 1. The normalized spacial score (nSPS) is 27.9. The minimum atomic E-state index is 0.665. The second-order valence-corrected chi connectivity index (χ2v) is 5.89. The predicted octanol–water partition coefficient (Wildman–Crippen LogP) is 2.74. The van der Waals surface area contributed by atoms with E-state index in [0.717, 1.165) is 24.4 Å². The van der Waals surface area contributed by atoms with E-state index in [2.05, 4.69) is 45.1 Å². The average molecular weight is 226 g/mol. The number of likely N-dealkylation sites (N-methyl/N-ethyl adjacent to an activating group) is 1. The van der Waals surface area contributed by atoms with Crippen LogP contribution in [0.5, 0.6) is 0 Å². The molecule has 0 saturated heterocycles. The second-order valence-electron chi connectivity index (χ2n) is 5.89. The van der Waals surface area contributed by atoms with Crippen molar-refractivity contribution in [2.75, 3.05) is 20.6 Å². The predicted molar refractivity (Wildman–Crippen MR) is 71.7 cm³/mol. The van der Waals surface area contributed by atoms with Crippen LogP contribution in [0.4, 0.5) is 0 Å². The van der Waals surface area contributed by atoms with Crippen LogP contribution in [0, 0.1) is 11.8 Å². The minimum absolute atomic E-state index is 0.665. The Balaban J connectivity index is 2.36. The van der Waals surface area contributed by atoms with Crippen molar-refractivity contribution in [3.05, 3.63) is 0 Å². The lowest BCUT2D eigenvalue weighted by molar-refractivity contribution is 0.212. The van der Waals surface area contributed by atoms with Crippen LogP contribution in [0.15, 0.2) is 0 Å². The second kappa shape index (κ2) is 6.61. The molecule has 0 radical (unpaired) electrons. The van der Waals surface area contributed by atoms with Crippen LogP contribution >= 0.6 is 0 Å². The van der Waals surface area contributed by atoms with Gasteiger partial charge in [0.25, 0.3) is 0 Å². The fraction of sp³-hybridized carbons (Fsp3) is 1.00. The SMILES string of the molecule is CCC1CCCC1NCC(C(C)C)N(C)C. The summed E-state index contributed by atoms with van der Waals surface area (Å²) in [5.41, 5.74) is 0. The van der Waals surface area contributed by atoms with Crippen LogP contribution in [-0.4, -0.2) is 37.6 Å². The van der Waals surface area contributed by atoms with E-state index < -0.39 is 0 Å². The highest BCUT2D eigenvalue weighted by atomic mass is 15.1. The molecule has 1 aliphatic rings. The lowest BCUT2D eigenvalue weighted by Crippen LogP contribution is -2.45. The largest absolute Gasteiger partial charge is 0.312 e. The molecule has 1 saturated carbocycles. The first-order chi connectivity index (χ1) is 7.56. The zero-order chi connectivity index (χ0) is 12.1. The lowest BCUT2D eigenvalue weighted by Gasteiger charge is -2.30. The number of hydrogen-bond acceptors (Lipinski definition) is 2. The van der Waals surface area contributed by atoms with Crippen molar-refractivity contribution < 1.29 is 0 Å². The molecule has 2 nitrogen and oxygen atoms in total. The van der Waals surface area contributed by atoms with Gasteiger partial charge in [-0.05, 0) is 38.8 Å². The molecule has 3 unspecified atom stereocenters. The summed E-state index contributed by atoms with van der Waals surface area (Å²) in [6.45, 7) is 8.11. The molecule has 0 aromatic carbocycles. The Morgan fingerprint density at radius 2 is 1.94 bits per heavy atom. The van der Waals surface area contributed by atoms with Crippen molar-refractivity contribution in [3.8, 4) is 0 Å². The van der Waals surface area contributed by atoms with E-state index in [-0.39, 0.29) is 0 Å².